The molecule has 2 aromatic rings. The lowest BCUT2D eigenvalue weighted by molar-refractivity contribution is -0.130. The van der Waals surface area contributed by atoms with E-state index in [2.05, 4.69) is 5.32 Å². The molecule has 0 heterocycles. The van der Waals surface area contributed by atoms with Crippen molar-refractivity contribution < 1.29 is 18.4 Å². The van der Waals surface area contributed by atoms with Gasteiger partial charge in [0.25, 0.3) is 0 Å². The maximum atomic E-state index is 13.3. The largest absolute Gasteiger partial charge is 0.355 e. The second kappa shape index (κ2) is 8.29. The number of hydrogen-bond donors (Lipinski definition) is 1. The first-order valence-electron chi connectivity index (χ1n) is 8.96. The molecule has 0 aromatic heterocycles. The Balaban J connectivity index is 1.41. The highest BCUT2D eigenvalue weighted by Gasteiger charge is 2.44. The third kappa shape index (κ3) is 4.90. The zero-order valence-electron chi connectivity index (χ0n) is 15.1. The minimum atomic E-state index is -0.898. The van der Waals surface area contributed by atoms with Gasteiger partial charge in [-0.15, -0.1) is 0 Å². The molecule has 0 saturated heterocycles. The van der Waals surface area contributed by atoms with Crippen LogP contribution >= 0.6 is 0 Å². The van der Waals surface area contributed by atoms with Crippen molar-refractivity contribution in [2.24, 2.45) is 5.92 Å². The molecular formula is C21H22F2N2O2. The number of carbonyl (C=O) groups excluding carboxylic acids is 2. The van der Waals surface area contributed by atoms with Crippen LogP contribution in [0.15, 0.2) is 48.5 Å². The third-order valence-corrected chi connectivity index (χ3v) is 4.83. The molecule has 2 unspecified atom stereocenters. The summed E-state index contributed by atoms with van der Waals surface area (Å²) in [6.07, 6.45) is 0.830. The number of nitrogens with one attached hydrogen (secondary N) is 1. The molecule has 0 bridgehead atoms. The van der Waals surface area contributed by atoms with E-state index in [4.69, 9.17) is 0 Å². The molecule has 1 saturated carbocycles. The predicted molar refractivity (Wildman–Crippen MR) is 97.7 cm³/mol. The smallest absolute Gasteiger partial charge is 0.224 e. The molecule has 27 heavy (non-hydrogen) atoms. The molecule has 6 heteroatoms. The minimum Gasteiger partial charge on any atom is -0.355 e. The number of halogens is 2. The van der Waals surface area contributed by atoms with E-state index >= 15 is 0 Å². The maximum Gasteiger partial charge on any atom is 0.224 e. The minimum absolute atomic E-state index is 0.0490. The van der Waals surface area contributed by atoms with Gasteiger partial charge in [0.1, 0.15) is 0 Å². The lowest BCUT2D eigenvalue weighted by Gasteiger charge is -2.17. The van der Waals surface area contributed by atoms with E-state index in [1.807, 2.05) is 30.3 Å². The maximum absolute atomic E-state index is 13.3. The van der Waals surface area contributed by atoms with Crippen molar-refractivity contribution in [1.82, 2.24) is 10.2 Å². The van der Waals surface area contributed by atoms with Crippen LogP contribution in [0, 0.1) is 17.6 Å². The van der Waals surface area contributed by atoms with Crippen LogP contribution in [0.25, 0.3) is 0 Å². The summed E-state index contributed by atoms with van der Waals surface area (Å²) >= 11 is 0. The highest BCUT2D eigenvalue weighted by atomic mass is 19.2. The number of benzene rings is 2. The Morgan fingerprint density at radius 2 is 1.85 bits per heavy atom. The van der Waals surface area contributed by atoms with Crippen LogP contribution in [0.4, 0.5) is 8.78 Å². The van der Waals surface area contributed by atoms with Gasteiger partial charge in [0.05, 0.1) is 0 Å². The Bertz CT molecular complexity index is 826. The summed E-state index contributed by atoms with van der Waals surface area (Å²) in [7, 11) is 1.73. The van der Waals surface area contributed by atoms with Gasteiger partial charge in [0, 0.05) is 32.5 Å². The van der Waals surface area contributed by atoms with E-state index in [1.54, 1.807) is 11.9 Å². The normalized spacial score (nSPS) is 18.0. The van der Waals surface area contributed by atoms with Gasteiger partial charge in [-0.2, -0.15) is 0 Å². The Morgan fingerprint density at radius 3 is 2.56 bits per heavy atom. The predicted octanol–water partition coefficient (Wildman–Crippen LogP) is 3.23. The lowest BCUT2D eigenvalue weighted by atomic mass is 10.1. The summed E-state index contributed by atoms with van der Waals surface area (Å²) in [5.41, 5.74) is 1.68. The number of carbonyl (C=O) groups is 2. The molecular weight excluding hydrogens is 350 g/mol. The van der Waals surface area contributed by atoms with Gasteiger partial charge in [-0.1, -0.05) is 36.4 Å². The summed E-state index contributed by atoms with van der Waals surface area (Å²) in [4.78, 5) is 26.0. The Hall–Kier alpha value is -2.76. The quantitative estimate of drug-likeness (QED) is 0.811. The van der Waals surface area contributed by atoms with Crippen molar-refractivity contribution in [3.05, 3.63) is 71.3 Å². The third-order valence-electron chi connectivity index (χ3n) is 4.83. The fraction of sp³-hybridized carbons (Fsp3) is 0.333. The molecule has 0 radical (unpaired) electrons. The highest BCUT2D eigenvalue weighted by molar-refractivity contribution is 5.83. The van der Waals surface area contributed by atoms with Gasteiger partial charge in [0.2, 0.25) is 11.8 Å². The summed E-state index contributed by atoms with van der Waals surface area (Å²) in [5.74, 6) is -2.32. The van der Waals surface area contributed by atoms with E-state index in [-0.39, 0.29) is 36.6 Å². The van der Waals surface area contributed by atoms with Crippen LogP contribution in [0.2, 0.25) is 0 Å². The summed E-state index contributed by atoms with van der Waals surface area (Å²) in [6.45, 7) is 0.784. The van der Waals surface area contributed by atoms with Gasteiger partial charge in [-0.05, 0) is 35.6 Å². The van der Waals surface area contributed by atoms with Crippen LogP contribution in [-0.2, 0) is 16.1 Å². The molecule has 1 N–H and O–H groups in total. The molecule has 0 spiro atoms. The van der Waals surface area contributed by atoms with Gasteiger partial charge >= 0.3 is 0 Å². The standard InChI is InChI=1S/C21H22F2N2O2/c1-25(13-14-5-3-2-4-6-14)20(26)9-10-24-21(27)17-12-16(17)15-7-8-18(22)19(23)11-15/h2-8,11,16-17H,9-10,12-13H2,1H3,(H,24,27). The summed E-state index contributed by atoms with van der Waals surface area (Å²) in [6, 6.07) is 13.4. The second-order valence-corrected chi connectivity index (χ2v) is 6.90. The lowest BCUT2D eigenvalue weighted by Crippen LogP contribution is -2.32. The van der Waals surface area contributed by atoms with Crippen LogP contribution in [0.5, 0.6) is 0 Å². The van der Waals surface area contributed by atoms with Crippen molar-refractivity contribution in [1.29, 1.82) is 0 Å². The number of hydrogen-bond acceptors (Lipinski definition) is 2. The first kappa shape index (κ1) is 19.0. The van der Waals surface area contributed by atoms with E-state index in [0.29, 0.717) is 18.5 Å². The molecule has 1 aliphatic rings. The van der Waals surface area contributed by atoms with Crippen molar-refractivity contribution >= 4 is 11.8 Å². The molecule has 1 aliphatic carbocycles. The Morgan fingerprint density at radius 1 is 1.11 bits per heavy atom. The molecule has 142 valence electrons. The van der Waals surface area contributed by atoms with Crippen LogP contribution in [-0.4, -0.2) is 30.3 Å². The average Bonchev–Trinajstić information content (AvgIpc) is 3.45. The van der Waals surface area contributed by atoms with E-state index < -0.39 is 11.6 Å². The SMILES string of the molecule is CN(Cc1ccccc1)C(=O)CCNC(=O)C1CC1c1ccc(F)c(F)c1. The second-order valence-electron chi connectivity index (χ2n) is 6.90. The van der Waals surface area contributed by atoms with Gasteiger partial charge < -0.3 is 10.2 Å². The molecule has 2 aromatic carbocycles. The van der Waals surface area contributed by atoms with Gasteiger partial charge in [-0.25, -0.2) is 8.78 Å². The van der Waals surface area contributed by atoms with E-state index in [1.165, 1.54) is 6.07 Å². The van der Waals surface area contributed by atoms with Crippen LogP contribution < -0.4 is 5.32 Å². The summed E-state index contributed by atoms with van der Waals surface area (Å²) in [5, 5.41) is 2.77. The van der Waals surface area contributed by atoms with E-state index in [0.717, 1.165) is 17.7 Å². The van der Waals surface area contributed by atoms with Crippen LogP contribution in [0.1, 0.15) is 29.9 Å². The molecule has 4 nitrogen and oxygen atoms in total. The Kier molecular flexibility index (Phi) is 5.84. The number of nitrogens with zero attached hydrogens (tertiary/aromatic N) is 1. The van der Waals surface area contributed by atoms with Gasteiger partial charge in [-0.3, -0.25) is 9.59 Å². The summed E-state index contributed by atoms with van der Waals surface area (Å²) < 4.78 is 26.3. The highest BCUT2D eigenvalue weighted by Crippen LogP contribution is 2.47. The van der Waals surface area contributed by atoms with Crippen molar-refractivity contribution in [3.63, 3.8) is 0 Å². The average molecular weight is 372 g/mol. The molecule has 1 fully saturated rings. The zero-order valence-corrected chi connectivity index (χ0v) is 15.1. The van der Waals surface area contributed by atoms with Gasteiger partial charge in [0.15, 0.2) is 11.6 Å². The first-order chi connectivity index (χ1) is 13.0. The number of rotatable bonds is 7. The van der Waals surface area contributed by atoms with Crippen molar-refractivity contribution in [2.45, 2.75) is 25.3 Å². The van der Waals surface area contributed by atoms with Crippen molar-refractivity contribution in [2.75, 3.05) is 13.6 Å². The Labute approximate surface area is 157 Å². The number of amides is 2. The molecule has 0 aliphatic heterocycles. The zero-order chi connectivity index (χ0) is 19.4. The first-order valence-corrected chi connectivity index (χ1v) is 8.96. The molecule has 2 amide bonds. The monoisotopic (exact) mass is 372 g/mol. The van der Waals surface area contributed by atoms with Crippen LogP contribution in [0.3, 0.4) is 0 Å². The topological polar surface area (TPSA) is 49.4 Å². The molecule has 2 atom stereocenters. The van der Waals surface area contributed by atoms with Crippen molar-refractivity contribution in [3.8, 4) is 0 Å². The fourth-order valence-electron chi connectivity index (χ4n) is 3.16. The fourth-order valence-corrected chi connectivity index (χ4v) is 3.16. The molecule has 3 rings (SSSR count). The van der Waals surface area contributed by atoms with E-state index in [9.17, 15) is 18.4 Å².